The van der Waals surface area contributed by atoms with E-state index in [0.717, 1.165) is 50.0 Å². The second kappa shape index (κ2) is 11.3. The number of para-hydroxylation sites is 1. The highest BCUT2D eigenvalue weighted by Crippen LogP contribution is 2.61. The number of ether oxygens (including phenoxy) is 1. The maximum atomic E-state index is 14.3. The largest absolute Gasteiger partial charge is 0.469 e. The monoisotopic (exact) mass is 709 g/mol. The molecule has 0 saturated carbocycles. The number of fused-ring (bicyclic) bond motifs is 7. The fourth-order valence-electron chi connectivity index (χ4n) is 8.89. The molecule has 1 spiro atoms. The summed E-state index contributed by atoms with van der Waals surface area (Å²) < 4.78 is 20.5. The molecule has 7 heterocycles. The van der Waals surface area contributed by atoms with E-state index in [9.17, 15) is 9.59 Å². The first-order chi connectivity index (χ1) is 25.7. The van der Waals surface area contributed by atoms with Gasteiger partial charge in [0.15, 0.2) is 23.4 Å². The molecule has 12 nitrogen and oxygen atoms in total. The van der Waals surface area contributed by atoms with Crippen molar-refractivity contribution in [2.75, 3.05) is 12.4 Å². The van der Waals surface area contributed by atoms with E-state index in [2.05, 4.69) is 62.6 Å². The summed E-state index contributed by atoms with van der Waals surface area (Å²) in [6.07, 6.45) is 3.32. The van der Waals surface area contributed by atoms with Gasteiger partial charge in [-0.25, -0.2) is 9.97 Å². The Hall–Kier alpha value is -5.88. The van der Waals surface area contributed by atoms with E-state index in [1.165, 1.54) is 0 Å². The number of benzene rings is 3. The summed E-state index contributed by atoms with van der Waals surface area (Å²) in [7, 11) is 1.75. The van der Waals surface area contributed by atoms with Crippen molar-refractivity contribution in [2.24, 2.45) is 11.8 Å². The highest BCUT2D eigenvalue weighted by molar-refractivity contribution is 6.07. The van der Waals surface area contributed by atoms with E-state index in [4.69, 9.17) is 23.5 Å². The minimum atomic E-state index is -1.03. The number of likely N-dealkylation sites (N-methyl/N-ethyl adjacent to an activating group) is 1. The van der Waals surface area contributed by atoms with Gasteiger partial charge in [-0.3, -0.25) is 9.59 Å². The Kier molecular flexibility index (Phi) is 6.79. The van der Waals surface area contributed by atoms with E-state index in [0.29, 0.717) is 34.7 Å². The number of aromatic nitrogens is 3. The quantitative estimate of drug-likeness (QED) is 0.144. The standard InChI is InChI=1S/C41H39N7O5/c1-18(2)31(42-5)37(50)45-27-15-20-12-13-28-25(14-20)41-24-10-6-9-22(33(24)48-40(41)52-28)21-8-7-11-26-30(21)23(16-43-26)29-17-44-38(51-29)34-35(41)53-39(47-34)32(19(3)4)46-36(27)49/h6-14,16-19,27,31-32,40,42-43,48H,15H2,1-5H3,(H,45,50)(H,46,49)/t27?,31?,32-,40?,41?/m0/s1. The molecule has 3 aromatic heterocycles. The van der Waals surface area contributed by atoms with Crippen LogP contribution >= 0.6 is 0 Å². The number of carbonyl (C=O) groups is 2. The molecule has 3 aromatic carbocycles. The molecule has 10 rings (SSSR count). The van der Waals surface area contributed by atoms with E-state index >= 15 is 0 Å². The molecular weight excluding hydrogens is 670 g/mol. The van der Waals surface area contributed by atoms with Gasteiger partial charge in [0.2, 0.25) is 23.6 Å². The fraction of sp³-hybridized carbons (Fsp3) is 0.317. The minimum absolute atomic E-state index is 0.0119. The summed E-state index contributed by atoms with van der Waals surface area (Å²) in [5.41, 5.74) is 6.88. The predicted octanol–water partition coefficient (Wildman–Crippen LogP) is 6.03. The van der Waals surface area contributed by atoms with Crippen LogP contribution in [0, 0.1) is 11.8 Å². The van der Waals surface area contributed by atoms with Crippen molar-refractivity contribution >= 4 is 28.4 Å². The third-order valence-corrected chi connectivity index (χ3v) is 11.4. The molecule has 53 heavy (non-hydrogen) atoms. The van der Waals surface area contributed by atoms with Crippen LogP contribution in [0.25, 0.3) is 44.9 Å². The number of H-pyrrole nitrogens is 1. The van der Waals surface area contributed by atoms with E-state index in [1.807, 2.05) is 52.1 Å². The van der Waals surface area contributed by atoms with E-state index in [-0.39, 0.29) is 30.1 Å². The van der Waals surface area contributed by atoms with Gasteiger partial charge in [-0.2, -0.15) is 0 Å². The zero-order valence-corrected chi connectivity index (χ0v) is 30.0. The lowest BCUT2D eigenvalue weighted by molar-refractivity contribution is -0.131. The van der Waals surface area contributed by atoms with Crippen LogP contribution in [0.2, 0.25) is 0 Å². The molecule has 12 heteroatoms. The number of amides is 2. The Labute approximate surface area is 305 Å². The number of rotatable bonds is 5. The summed E-state index contributed by atoms with van der Waals surface area (Å²) in [4.78, 5) is 41.3. The average molecular weight is 710 g/mol. The lowest BCUT2D eigenvalue weighted by atomic mass is 9.72. The summed E-state index contributed by atoms with van der Waals surface area (Å²) in [6.45, 7) is 7.95. The van der Waals surface area contributed by atoms with Crippen molar-refractivity contribution in [3.63, 3.8) is 0 Å². The normalized spacial score (nSPS) is 22.4. The topological polar surface area (TPSA) is 159 Å². The molecule has 5 N–H and O–H groups in total. The zero-order valence-electron chi connectivity index (χ0n) is 30.0. The summed E-state index contributed by atoms with van der Waals surface area (Å²) >= 11 is 0. The highest BCUT2D eigenvalue weighted by Gasteiger charge is 2.61. The maximum absolute atomic E-state index is 14.3. The molecule has 0 radical (unpaired) electrons. The molecule has 4 aliphatic heterocycles. The van der Waals surface area contributed by atoms with Crippen LogP contribution in [0.3, 0.4) is 0 Å². The molecule has 2 amide bonds. The molecule has 10 bridgehead atoms. The molecule has 4 unspecified atom stereocenters. The van der Waals surface area contributed by atoms with Gasteiger partial charge < -0.3 is 39.8 Å². The first kappa shape index (κ1) is 31.8. The number of carbonyl (C=O) groups excluding carboxylic acids is 2. The summed E-state index contributed by atoms with van der Waals surface area (Å²) in [5.74, 6) is 1.67. The van der Waals surface area contributed by atoms with Crippen LogP contribution in [0.4, 0.5) is 5.69 Å². The smallest absolute Gasteiger partial charge is 0.249 e. The van der Waals surface area contributed by atoms with Gasteiger partial charge in [0.05, 0.1) is 12.2 Å². The molecule has 6 aromatic rings. The molecule has 5 atom stereocenters. The third-order valence-electron chi connectivity index (χ3n) is 11.4. The average Bonchev–Trinajstić information content (AvgIpc) is 3.96. The lowest BCUT2D eigenvalue weighted by Crippen LogP contribution is -2.55. The van der Waals surface area contributed by atoms with Crippen LogP contribution in [-0.2, 0) is 21.4 Å². The fourth-order valence-corrected chi connectivity index (χ4v) is 8.89. The van der Waals surface area contributed by atoms with Gasteiger partial charge >= 0.3 is 0 Å². The Morgan fingerprint density at radius 1 is 0.981 bits per heavy atom. The minimum Gasteiger partial charge on any atom is -0.469 e. The Morgan fingerprint density at radius 2 is 1.81 bits per heavy atom. The third kappa shape index (κ3) is 4.38. The van der Waals surface area contributed by atoms with Gasteiger partial charge in [-0.1, -0.05) is 70.2 Å². The maximum Gasteiger partial charge on any atom is 0.249 e. The van der Waals surface area contributed by atoms with Crippen LogP contribution in [0.1, 0.15) is 62.1 Å². The second-order valence-electron chi connectivity index (χ2n) is 15.2. The molecule has 0 aliphatic carbocycles. The number of nitrogens with one attached hydrogen (secondary N) is 5. The SMILES string of the molecule is CNC(C(=O)NC1Cc2ccc3c(c2)C24c5cccc(c5NC2O3)-c2cccc3[nH]cc(c23)-c2cnc(o2)-c2nc(oc24)[C@H](C(C)C)NC1=O)C(C)C. The van der Waals surface area contributed by atoms with Crippen molar-refractivity contribution in [1.82, 2.24) is 30.9 Å². The summed E-state index contributed by atoms with van der Waals surface area (Å²) in [5, 5.41) is 14.2. The van der Waals surface area contributed by atoms with Crippen LogP contribution in [0.15, 0.2) is 75.8 Å². The molecule has 0 fully saturated rings. The van der Waals surface area contributed by atoms with Gasteiger partial charge in [-0.15, -0.1) is 0 Å². The van der Waals surface area contributed by atoms with Crippen LogP contribution < -0.4 is 26.0 Å². The van der Waals surface area contributed by atoms with Gasteiger partial charge in [0, 0.05) is 51.5 Å². The second-order valence-corrected chi connectivity index (χ2v) is 15.2. The number of hydrogen-bond acceptors (Lipinski definition) is 9. The first-order valence-corrected chi connectivity index (χ1v) is 18.2. The Balaban J connectivity index is 1.26. The number of nitrogens with zero attached hydrogens (tertiary/aromatic N) is 2. The van der Waals surface area contributed by atoms with Crippen molar-refractivity contribution in [1.29, 1.82) is 0 Å². The molecule has 268 valence electrons. The lowest BCUT2D eigenvalue weighted by Gasteiger charge is -2.29. The number of anilines is 1. The van der Waals surface area contributed by atoms with Crippen molar-refractivity contribution in [3.05, 3.63) is 95.3 Å². The van der Waals surface area contributed by atoms with Crippen molar-refractivity contribution in [2.45, 2.75) is 63.9 Å². The molecular formula is C41H39N7O5. The van der Waals surface area contributed by atoms with E-state index in [1.54, 1.807) is 13.2 Å². The van der Waals surface area contributed by atoms with Crippen LogP contribution in [0.5, 0.6) is 5.75 Å². The molecule has 4 aliphatic rings. The summed E-state index contributed by atoms with van der Waals surface area (Å²) in [6, 6.07) is 16.5. The van der Waals surface area contributed by atoms with Crippen molar-refractivity contribution in [3.8, 4) is 39.8 Å². The van der Waals surface area contributed by atoms with Crippen molar-refractivity contribution < 1.29 is 23.2 Å². The number of hydrogen-bond donors (Lipinski definition) is 5. The predicted molar refractivity (Wildman–Crippen MR) is 198 cm³/mol. The van der Waals surface area contributed by atoms with E-state index < -0.39 is 29.8 Å². The van der Waals surface area contributed by atoms with Gasteiger partial charge in [-0.05, 0) is 42.1 Å². The first-order valence-electron chi connectivity index (χ1n) is 18.2. The number of aromatic amines is 1. The molecule has 0 saturated heterocycles. The Bertz CT molecular complexity index is 2490. The van der Waals surface area contributed by atoms with Crippen LogP contribution in [-0.4, -0.2) is 52.1 Å². The number of oxazole rings is 2. The Morgan fingerprint density at radius 3 is 2.62 bits per heavy atom. The van der Waals surface area contributed by atoms with Gasteiger partial charge in [0.25, 0.3) is 0 Å². The van der Waals surface area contributed by atoms with Gasteiger partial charge in [0.1, 0.15) is 23.2 Å². The highest BCUT2D eigenvalue weighted by atomic mass is 16.5. The zero-order chi connectivity index (χ0) is 36.3.